The van der Waals surface area contributed by atoms with E-state index in [1.165, 1.54) is 4.90 Å². The number of benzene rings is 2. The van der Waals surface area contributed by atoms with Gasteiger partial charge in [0.1, 0.15) is 5.70 Å². The second-order valence-electron chi connectivity index (χ2n) is 7.98. The standard InChI is InChI=1S/C26H25N3O2/c1-16-10-11-21(13-18(16)3)23-24(28-22-9-5-7-17(2)19(22)4)26(31)29(25(23)30)15-20-8-6-12-27-14-20/h5-14,28H,15H2,1-4H3. The summed E-state index contributed by atoms with van der Waals surface area (Å²) in [6, 6.07) is 15.4. The minimum absolute atomic E-state index is 0.178. The van der Waals surface area contributed by atoms with Gasteiger partial charge in [-0.1, -0.05) is 36.4 Å². The zero-order valence-electron chi connectivity index (χ0n) is 18.2. The number of rotatable bonds is 5. The fourth-order valence-corrected chi connectivity index (χ4v) is 3.70. The number of amides is 2. The van der Waals surface area contributed by atoms with E-state index in [0.717, 1.165) is 39.1 Å². The lowest BCUT2D eigenvalue weighted by molar-refractivity contribution is -0.137. The fourth-order valence-electron chi connectivity index (χ4n) is 3.70. The van der Waals surface area contributed by atoms with E-state index in [9.17, 15) is 9.59 Å². The number of pyridine rings is 1. The van der Waals surface area contributed by atoms with Crippen LogP contribution in [0.2, 0.25) is 0 Å². The van der Waals surface area contributed by atoms with Crippen LogP contribution in [0, 0.1) is 27.7 Å². The van der Waals surface area contributed by atoms with Gasteiger partial charge in [0.2, 0.25) is 0 Å². The molecular weight excluding hydrogens is 386 g/mol. The van der Waals surface area contributed by atoms with Crippen molar-refractivity contribution in [2.45, 2.75) is 34.2 Å². The van der Waals surface area contributed by atoms with Crippen molar-refractivity contribution >= 4 is 23.1 Å². The molecule has 1 aliphatic heterocycles. The van der Waals surface area contributed by atoms with Crippen molar-refractivity contribution in [2.75, 3.05) is 5.32 Å². The molecule has 156 valence electrons. The minimum Gasteiger partial charge on any atom is -0.350 e. The Hall–Kier alpha value is -3.73. The summed E-state index contributed by atoms with van der Waals surface area (Å²) in [7, 11) is 0. The number of aryl methyl sites for hydroxylation is 3. The van der Waals surface area contributed by atoms with Crippen LogP contribution in [0.3, 0.4) is 0 Å². The van der Waals surface area contributed by atoms with Crippen molar-refractivity contribution in [2.24, 2.45) is 0 Å². The van der Waals surface area contributed by atoms with Crippen LogP contribution < -0.4 is 5.32 Å². The Morgan fingerprint density at radius 1 is 0.871 bits per heavy atom. The van der Waals surface area contributed by atoms with Crippen molar-refractivity contribution in [3.8, 4) is 0 Å². The van der Waals surface area contributed by atoms with Gasteiger partial charge in [0.05, 0.1) is 12.1 Å². The summed E-state index contributed by atoms with van der Waals surface area (Å²) in [6.07, 6.45) is 3.34. The maximum Gasteiger partial charge on any atom is 0.278 e. The number of aromatic nitrogens is 1. The molecule has 0 saturated heterocycles. The first-order valence-corrected chi connectivity index (χ1v) is 10.3. The Bertz CT molecular complexity index is 1210. The van der Waals surface area contributed by atoms with Crippen LogP contribution in [-0.2, 0) is 16.1 Å². The Balaban J connectivity index is 1.80. The summed E-state index contributed by atoms with van der Waals surface area (Å²) in [4.78, 5) is 32.3. The molecule has 0 saturated carbocycles. The highest BCUT2D eigenvalue weighted by atomic mass is 16.2. The normalized spacial score (nSPS) is 13.9. The van der Waals surface area contributed by atoms with Gasteiger partial charge in [-0.05, 0) is 73.2 Å². The number of anilines is 1. The van der Waals surface area contributed by atoms with Gasteiger partial charge in [-0.15, -0.1) is 0 Å². The molecule has 0 unspecified atom stereocenters. The molecule has 4 rings (SSSR count). The third-order valence-corrected chi connectivity index (χ3v) is 5.89. The predicted molar refractivity (Wildman–Crippen MR) is 122 cm³/mol. The lowest BCUT2D eigenvalue weighted by Gasteiger charge is -2.16. The second kappa shape index (κ2) is 8.19. The van der Waals surface area contributed by atoms with Gasteiger partial charge in [0.25, 0.3) is 11.8 Å². The Kier molecular flexibility index (Phi) is 5.42. The number of hydrogen-bond donors (Lipinski definition) is 1. The molecule has 0 radical (unpaired) electrons. The number of nitrogens with one attached hydrogen (secondary N) is 1. The van der Waals surface area contributed by atoms with Gasteiger partial charge < -0.3 is 5.32 Å². The molecule has 31 heavy (non-hydrogen) atoms. The first kappa shape index (κ1) is 20.5. The zero-order valence-corrected chi connectivity index (χ0v) is 18.2. The summed E-state index contributed by atoms with van der Waals surface area (Å²) >= 11 is 0. The van der Waals surface area contributed by atoms with E-state index in [2.05, 4.69) is 10.3 Å². The molecule has 2 amide bonds. The average molecular weight is 412 g/mol. The molecule has 2 aromatic carbocycles. The van der Waals surface area contributed by atoms with Crippen LogP contribution in [0.15, 0.2) is 66.6 Å². The molecule has 1 aromatic heterocycles. The van der Waals surface area contributed by atoms with Gasteiger partial charge in [-0.25, -0.2) is 0 Å². The number of carbonyl (C=O) groups excluding carboxylic acids is 2. The Morgan fingerprint density at radius 3 is 2.39 bits per heavy atom. The molecule has 5 nitrogen and oxygen atoms in total. The molecule has 3 aromatic rings. The van der Waals surface area contributed by atoms with Crippen molar-refractivity contribution in [3.63, 3.8) is 0 Å². The van der Waals surface area contributed by atoms with E-state index in [0.29, 0.717) is 11.3 Å². The molecule has 0 aliphatic carbocycles. The van der Waals surface area contributed by atoms with Gasteiger partial charge in [0.15, 0.2) is 0 Å². The average Bonchev–Trinajstić information content (AvgIpc) is 2.98. The molecule has 0 spiro atoms. The summed E-state index contributed by atoms with van der Waals surface area (Å²) in [6.45, 7) is 8.24. The van der Waals surface area contributed by atoms with Gasteiger partial charge in [0, 0.05) is 18.1 Å². The third-order valence-electron chi connectivity index (χ3n) is 5.89. The lowest BCUT2D eigenvalue weighted by Crippen LogP contribution is -2.32. The molecule has 1 aliphatic rings. The highest BCUT2D eigenvalue weighted by molar-refractivity contribution is 6.36. The maximum absolute atomic E-state index is 13.5. The number of carbonyl (C=O) groups is 2. The van der Waals surface area contributed by atoms with E-state index in [4.69, 9.17) is 0 Å². The first-order valence-electron chi connectivity index (χ1n) is 10.3. The SMILES string of the molecule is Cc1ccc(C2=C(Nc3cccc(C)c3C)C(=O)N(Cc3cccnc3)C2=O)cc1C. The summed E-state index contributed by atoms with van der Waals surface area (Å²) in [5.41, 5.74) is 7.44. The lowest BCUT2D eigenvalue weighted by atomic mass is 9.99. The summed E-state index contributed by atoms with van der Waals surface area (Å²) < 4.78 is 0. The van der Waals surface area contributed by atoms with Crippen LogP contribution in [0.25, 0.3) is 5.57 Å². The van der Waals surface area contributed by atoms with Crippen LogP contribution >= 0.6 is 0 Å². The van der Waals surface area contributed by atoms with E-state index in [1.807, 2.05) is 70.2 Å². The van der Waals surface area contributed by atoms with Crippen LogP contribution in [0.4, 0.5) is 5.69 Å². The van der Waals surface area contributed by atoms with E-state index in [-0.39, 0.29) is 18.4 Å². The van der Waals surface area contributed by atoms with Gasteiger partial charge >= 0.3 is 0 Å². The number of nitrogens with zero attached hydrogens (tertiary/aromatic N) is 2. The molecule has 0 bridgehead atoms. The smallest absolute Gasteiger partial charge is 0.278 e. The topological polar surface area (TPSA) is 62.3 Å². The molecular formula is C26H25N3O2. The monoisotopic (exact) mass is 411 g/mol. The number of hydrogen-bond acceptors (Lipinski definition) is 4. The molecule has 0 fully saturated rings. The summed E-state index contributed by atoms with van der Waals surface area (Å²) in [5.74, 6) is -0.632. The quantitative estimate of drug-likeness (QED) is 0.618. The molecule has 2 heterocycles. The van der Waals surface area contributed by atoms with Gasteiger partial charge in [-0.3, -0.25) is 19.5 Å². The first-order chi connectivity index (χ1) is 14.9. The zero-order chi connectivity index (χ0) is 22.1. The summed E-state index contributed by atoms with van der Waals surface area (Å²) in [5, 5.41) is 3.28. The van der Waals surface area contributed by atoms with Crippen LogP contribution in [-0.4, -0.2) is 21.7 Å². The minimum atomic E-state index is -0.331. The van der Waals surface area contributed by atoms with Crippen molar-refractivity contribution in [3.05, 3.63) is 100 Å². The highest BCUT2D eigenvalue weighted by Gasteiger charge is 2.39. The predicted octanol–water partition coefficient (Wildman–Crippen LogP) is 4.71. The van der Waals surface area contributed by atoms with Crippen molar-refractivity contribution in [1.82, 2.24) is 9.88 Å². The van der Waals surface area contributed by atoms with Crippen molar-refractivity contribution in [1.29, 1.82) is 0 Å². The fraction of sp³-hybridized carbons (Fsp3) is 0.192. The Labute approximate surface area is 182 Å². The van der Waals surface area contributed by atoms with Crippen molar-refractivity contribution < 1.29 is 9.59 Å². The highest BCUT2D eigenvalue weighted by Crippen LogP contribution is 2.33. The molecule has 0 atom stereocenters. The van der Waals surface area contributed by atoms with Crippen LogP contribution in [0.5, 0.6) is 0 Å². The van der Waals surface area contributed by atoms with E-state index < -0.39 is 0 Å². The van der Waals surface area contributed by atoms with Crippen LogP contribution in [0.1, 0.15) is 33.4 Å². The molecule has 1 N–H and O–H groups in total. The van der Waals surface area contributed by atoms with Gasteiger partial charge in [-0.2, -0.15) is 0 Å². The van der Waals surface area contributed by atoms with E-state index in [1.54, 1.807) is 18.5 Å². The maximum atomic E-state index is 13.5. The third kappa shape index (κ3) is 3.87. The van der Waals surface area contributed by atoms with E-state index >= 15 is 0 Å². The molecule has 5 heteroatoms. The largest absolute Gasteiger partial charge is 0.350 e. The Morgan fingerprint density at radius 2 is 1.68 bits per heavy atom. The second-order valence-corrected chi connectivity index (χ2v) is 7.98. The number of imide groups is 1.